The lowest BCUT2D eigenvalue weighted by atomic mass is 10.0. The number of aryl methyl sites for hydroxylation is 1. The van der Waals surface area contributed by atoms with Crippen LogP contribution in [-0.4, -0.2) is 58.0 Å². The number of halogens is 3. The minimum absolute atomic E-state index is 0.0534. The Labute approximate surface area is 247 Å². The second-order valence-corrected chi connectivity index (χ2v) is 11.0. The molecule has 1 aliphatic rings. The Kier molecular flexibility index (Phi) is 8.74. The average molecular weight is 598 g/mol. The number of carbonyl (C=O) groups excluding carboxylic acids is 1. The van der Waals surface area contributed by atoms with Gasteiger partial charge in [-0.25, -0.2) is 9.97 Å². The van der Waals surface area contributed by atoms with Crippen molar-refractivity contribution in [3.63, 3.8) is 0 Å². The number of carbonyl (C=O) groups is 2. The number of nitrogens with zero attached hydrogens (tertiary/aromatic N) is 4. The number of carboxylic acid groups (broad SMARTS) is 1. The van der Waals surface area contributed by atoms with Gasteiger partial charge in [0.05, 0.1) is 32.5 Å². The molecular weight excluding hydrogens is 571 g/mol. The normalized spacial score (nSPS) is 13.6. The third kappa shape index (κ3) is 6.49. The van der Waals surface area contributed by atoms with Crippen molar-refractivity contribution in [3.05, 3.63) is 87.0 Å². The highest BCUT2D eigenvalue weighted by Crippen LogP contribution is 2.29. The largest absolute Gasteiger partial charge is 0.481 e. The molecule has 206 valence electrons. The number of rotatable bonds is 8. The monoisotopic (exact) mass is 596 g/mol. The first-order chi connectivity index (χ1) is 19.3. The van der Waals surface area contributed by atoms with Gasteiger partial charge in [-0.1, -0.05) is 46.9 Å². The number of carboxylic acids is 1. The van der Waals surface area contributed by atoms with E-state index in [1.807, 2.05) is 35.2 Å². The molecule has 1 aromatic heterocycles. The molecule has 4 aromatic rings. The van der Waals surface area contributed by atoms with Gasteiger partial charge in [0.15, 0.2) is 0 Å². The fourth-order valence-corrected chi connectivity index (χ4v) is 5.26. The van der Waals surface area contributed by atoms with Crippen LogP contribution in [0.2, 0.25) is 15.1 Å². The summed E-state index contributed by atoms with van der Waals surface area (Å²) in [5, 5.41) is 10.7. The number of anilines is 1. The van der Waals surface area contributed by atoms with Crippen LogP contribution < -0.4 is 4.90 Å². The van der Waals surface area contributed by atoms with E-state index >= 15 is 0 Å². The highest BCUT2D eigenvalue weighted by Gasteiger charge is 2.23. The van der Waals surface area contributed by atoms with Crippen molar-refractivity contribution in [2.45, 2.75) is 25.7 Å². The first-order valence-electron chi connectivity index (χ1n) is 13.1. The summed E-state index contributed by atoms with van der Waals surface area (Å²) in [6, 6.07) is 18.4. The maximum absolute atomic E-state index is 13.4. The molecule has 1 fully saturated rings. The van der Waals surface area contributed by atoms with Crippen LogP contribution in [0.5, 0.6) is 0 Å². The molecular formula is C30H27Cl3N4O3. The molecule has 1 amide bonds. The molecule has 0 atom stereocenters. The Bertz CT molecular complexity index is 1550. The zero-order valence-electron chi connectivity index (χ0n) is 21.6. The number of benzene rings is 3. The van der Waals surface area contributed by atoms with E-state index in [9.17, 15) is 9.59 Å². The third-order valence-electron chi connectivity index (χ3n) is 6.99. The number of fused-ring (bicyclic) bond motifs is 1. The van der Waals surface area contributed by atoms with E-state index in [-0.39, 0.29) is 12.3 Å². The number of piperazine rings is 1. The number of aliphatic carboxylic acids is 1. The molecule has 10 heteroatoms. The number of hydrogen-bond donors (Lipinski definition) is 1. The predicted octanol–water partition coefficient (Wildman–Crippen LogP) is 7.02. The summed E-state index contributed by atoms with van der Waals surface area (Å²) in [6.45, 7) is 2.52. The van der Waals surface area contributed by atoms with Crippen LogP contribution in [0.4, 0.5) is 5.69 Å². The molecule has 3 aromatic carbocycles. The van der Waals surface area contributed by atoms with Crippen LogP contribution in [0, 0.1) is 0 Å². The molecule has 0 unspecified atom stereocenters. The molecule has 0 aliphatic carbocycles. The Morgan fingerprint density at radius 2 is 1.55 bits per heavy atom. The molecule has 1 N–H and O–H groups in total. The third-order valence-corrected chi connectivity index (χ3v) is 7.98. The van der Waals surface area contributed by atoms with Gasteiger partial charge in [0.1, 0.15) is 0 Å². The van der Waals surface area contributed by atoms with Crippen molar-refractivity contribution in [2.75, 3.05) is 31.1 Å². The van der Waals surface area contributed by atoms with Crippen molar-refractivity contribution in [1.82, 2.24) is 14.9 Å². The molecule has 2 heterocycles. The lowest BCUT2D eigenvalue weighted by molar-refractivity contribution is -0.137. The summed E-state index contributed by atoms with van der Waals surface area (Å²) in [6.07, 6.45) is 1.88. The lowest BCUT2D eigenvalue weighted by Gasteiger charge is -2.36. The van der Waals surface area contributed by atoms with Crippen LogP contribution in [0.25, 0.3) is 22.3 Å². The highest BCUT2D eigenvalue weighted by atomic mass is 35.5. The van der Waals surface area contributed by atoms with Gasteiger partial charge < -0.3 is 14.9 Å². The molecule has 40 heavy (non-hydrogen) atoms. The van der Waals surface area contributed by atoms with Gasteiger partial charge in [-0.3, -0.25) is 9.59 Å². The van der Waals surface area contributed by atoms with E-state index in [2.05, 4.69) is 4.90 Å². The molecule has 1 aliphatic heterocycles. The summed E-state index contributed by atoms with van der Waals surface area (Å²) in [5.41, 5.74) is 5.23. The zero-order valence-corrected chi connectivity index (χ0v) is 23.9. The molecule has 0 spiro atoms. The number of hydrogen-bond acceptors (Lipinski definition) is 5. The Balaban J connectivity index is 1.36. The van der Waals surface area contributed by atoms with E-state index in [4.69, 9.17) is 49.9 Å². The van der Waals surface area contributed by atoms with Crippen LogP contribution >= 0.6 is 34.8 Å². The van der Waals surface area contributed by atoms with Gasteiger partial charge >= 0.3 is 5.97 Å². The minimum Gasteiger partial charge on any atom is -0.481 e. The number of aromatic nitrogens is 2. The number of amides is 1. The molecule has 1 saturated heterocycles. The SMILES string of the molecule is O=C(O)CCCCc1nc2cc(C(=O)N3CCN(c4ccc(Cl)c(Cl)c4)CC3)ccc2nc1-c1ccc(Cl)cc1. The van der Waals surface area contributed by atoms with Crippen molar-refractivity contribution in [1.29, 1.82) is 0 Å². The minimum atomic E-state index is -0.816. The van der Waals surface area contributed by atoms with Crippen molar-refractivity contribution in [2.24, 2.45) is 0 Å². The number of unbranched alkanes of at least 4 members (excludes halogenated alkanes) is 1. The Morgan fingerprint density at radius 3 is 2.25 bits per heavy atom. The second-order valence-electron chi connectivity index (χ2n) is 9.71. The summed E-state index contributed by atoms with van der Waals surface area (Å²) >= 11 is 18.3. The smallest absolute Gasteiger partial charge is 0.303 e. The van der Waals surface area contributed by atoms with Gasteiger partial charge in [-0.2, -0.15) is 0 Å². The first kappa shape index (κ1) is 28.1. The zero-order chi connectivity index (χ0) is 28.2. The standard InChI is InChI=1S/C30H27Cl3N4O3/c31-21-8-5-19(6-9-21)29-26(3-1-2-4-28(38)39)34-27-17-20(7-12-25(27)35-29)30(40)37-15-13-36(14-16-37)22-10-11-23(32)24(33)18-22/h5-12,17-18H,1-4,13-16H2,(H,38,39). The molecule has 0 saturated carbocycles. The summed E-state index contributed by atoms with van der Waals surface area (Å²) in [5.74, 6) is -0.870. The van der Waals surface area contributed by atoms with Gasteiger partial charge in [0, 0.05) is 54.4 Å². The summed E-state index contributed by atoms with van der Waals surface area (Å²) in [4.78, 5) is 38.2. The Morgan fingerprint density at radius 1 is 0.800 bits per heavy atom. The van der Waals surface area contributed by atoms with Gasteiger partial charge in [0.25, 0.3) is 5.91 Å². The molecule has 0 radical (unpaired) electrons. The van der Waals surface area contributed by atoms with E-state index in [1.54, 1.807) is 30.3 Å². The molecule has 0 bridgehead atoms. The second kappa shape index (κ2) is 12.4. The van der Waals surface area contributed by atoms with E-state index in [0.29, 0.717) is 77.1 Å². The topological polar surface area (TPSA) is 86.6 Å². The fraction of sp³-hybridized carbons (Fsp3) is 0.267. The van der Waals surface area contributed by atoms with Crippen LogP contribution in [0.15, 0.2) is 60.7 Å². The summed E-state index contributed by atoms with van der Waals surface area (Å²) < 4.78 is 0. The first-order valence-corrected chi connectivity index (χ1v) is 14.2. The van der Waals surface area contributed by atoms with E-state index in [0.717, 1.165) is 22.6 Å². The van der Waals surface area contributed by atoms with Crippen LogP contribution in [-0.2, 0) is 11.2 Å². The van der Waals surface area contributed by atoms with Crippen LogP contribution in [0.3, 0.4) is 0 Å². The predicted molar refractivity (Wildman–Crippen MR) is 160 cm³/mol. The summed E-state index contributed by atoms with van der Waals surface area (Å²) in [7, 11) is 0. The van der Waals surface area contributed by atoms with E-state index < -0.39 is 5.97 Å². The molecule has 5 rings (SSSR count). The highest BCUT2D eigenvalue weighted by molar-refractivity contribution is 6.42. The van der Waals surface area contributed by atoms with Gasteiger partial charge in [0.2, 0.25) is 0 Å². The lowest BCUT2D eigenvalue weighted by Crippen LogP contribution is -2.48. The van der Waals surface area contributed by atoms with Gasteiger partial charge in [-0.05, 0) is 67.8 Å². The van der Waals surface area contributed by atoms with Gasteiger partial charge in [-0.15, -0.1) is 0 Å². The van der Waals surface area contributed by atoms with Crippen molar-refractivity contribution in [3.8, 4) is 11.3 Å². The molecule has 7 nitrogen and oxygen atoms in total. The average Bonchev–Trinajstić information content (AvgIpc) is 2.96. The Hall–Kier alpha value is -3.39. The van der Waals surface area contributed by atoms with Crippen molar-refractivity contribution >= 4 is 63.4 Å². The van der Waals surface area contributed by atoms with Crippen LogP contribution in [0.1, 0.15) is 35.3 Å². The fourth-order valence-electron chi connectivity index (χ4n) is 4.84. The maximum atomic E-state index is 13.4. The van der Waals surface area contributed by atoms with E-state index in [1.165, 1.54) is 0 Å². The maximum Gasteiger partial charge on any atom is 0.303 e. The van der Waals surface area contributed by atoms with Crippen molar-refractivity contribution < 1.29 is 14.7 Å². The quantitative estimate of drug-likeness (QED) is 0.220.